The van der Waals surface area contributed by atoms with Crippen molar-refractivity contribution in [1.29, 1.82) is 0 Å². The van der Waals surface area contributed by atoms with Crippen LogP contribution in [0.1, 0.15) is 5.56 Å². The topological polar surface area (TPSA) is 116 Å². The Bertz CT molecular complexity index is 1600. The summed E-state index contributed by atoms with van der Waals surface area (Å²) in [6.07, 6.45) is 4.99. The molecule has 0 spiro atoms. The standard InChI is InChI=1S/C28H19N9S3/c1-3-9-20(10-4-1)23-15-29-35-26(32-23)38-18-19-8-7-13-22(14-19)25-17-31-37-28(34-25)40-39-27-33-24(16-30-36-27)21-11-5-2-6-12-21/h1-17H,18H2. The Hall–Kier alpha value is -4.26. The van der Waals surface area contributed by atoms with Crippen molar-refractivity contribution in [2.45, 2.75) is 21.2 Å². The van der Waals surface area contributed by atoms with E-state index >= 15 is 0 Å². The lowest BCUT2D eigenvalue weighted by Crippen LogP contribution is -1.95. The molecule has 6 rings (SSSR count). The number of hydrogen-bond donors (Lipinski definition) is 0. The molecule has 0 saturated carbocycles. The molecule has 9 nitrogen and oxygen atoms in total. The van der Waals surface area contributed by atoms with Gasteiger partial charge in [-0.15, -0.1) is 15.3 Å². The zero-order chi connectivity index (χ0) is 27.0. The van der Waals surface area contributed by atoms with Gasteiger partial charge in [-0.25, -0.2) is 15.0 Å². The molecule has 0 aliphatic carbocycles. The summed E-state index contributed by atoms with van der Waals surface area (Å²) in [6.45, 7) is 0. The first kappa shape index (κ1) is 26.0. The summed E-state index contributed by atoms with van der Waals surface area (Å²) in [4.78, 5) is 13.9. The molecule has 12 heteroatoms. The maximum absolute atomic E-state index is 4.69. The van der Waals surface area contributed by atoms with Gasteiger partial charge in [-0.2, -0.15) is 15.3 Å². The minimum Gasteiger partial charge on any atom is -0.219 e. The molecule has 0 unspecified atom stereocenters. The molecule has 0 fully saturated rings. The number of benzene rings is 3. The molecule has 3 aromatic carbocycles. The molecular weight excluding hydrogens is 559 g/mol. The maximum Gasteiger partial charge on any atom is 0.220 e. The van der Waals surface area contributed by atoms with E-state index in [2.05, 4.69) is 52.7 Å². The summed E-state index contributed by atoms with van der Waals surface area (Å²) in [5.41, 5.74) is 6.33. The molecule has 0 saturated heterocycles. The third-order valence-corrected chi connectivity index (χ3v) is 8.32. The highest BCUT2D eigenvalue weighted by Crippen LogP contribution is 2.34. The van der Waals surface area contributed by atoms with Gasteiger partial charge >= 0.3 is 0 Å². The van der Waals surface area contributed by atoms with E-state index < -0.39 is 0 Å². The van der Waals surface area contributed by atoms with Crippen LogP contribution in [0.3, 0.4) is 0 Å². The lowest BCUT2D eigenvalue weighted by atomic mass is 10.1. The second-order valence-electron chi connectivity index (χ2n) is 8.26. The van der Waals surface area contributed by atoms with Crippen LogP contribution >= 0.6 is 33.3 Å². The smallest absolute Gasteiger partial charge is 0.219 e. The van der Waals surface area contributed by atoms with Gasteiger partial charge in [0.2, 0.25) is 15.5 Å². The van der Waals surface area contributed by atoms with Crippen molar-refractivity contribution in [2.75, 3.05) is 0 Å². The van der Waals surface area contributed by atoms with Crippen molar-refractivity contribution in [3.63, 3.8) is 0 Å². The van der Waals surface area contributed by atoms with Crippen LogP contribution in [0.25, 0.3) is 33.8 Å². The van der Waals surface area contributed by atoms with Crippen molar-refractivity contribution in [2.24, 2.45) is 0 Å². The first-order chi connectivity index (χ1) is 19.8. The highest BCUT2D eigenvalue weighted by molar-refractivity contribution is 8.76. The largest absolute Gasteiger partial charge is 0.220 e. The Morgan fingerprint density at radius 1 is 0.475 bits per heavy atom. The van der Waals surface area contributed by atoms with E-state index in [4.69, 9.17) is 4.98 Å². The average Bonchev–Trinajstić information content (AvgIpc) is 3.04. The zero-order valence-electron chi connectivity index (χ0n) is 20.8. The van der Waals surface area contributed by atoms with E-state index in [0.29, 0.717) is 21.2 Å². The molecule has 3 heterocycles. The van der Waals surface area contributed by atoms with Gasteiger partial charge in [0.15, 0.2) is 0 Å². The fourth-order valence-corrected chi connectivity index (χ4v) is 5.87. The average molecular weight is 578 g/mol. The predicted octanol–water partition coefficient (Wildman–Crippen LogP) is 6.33. The van der Waals surface area contributed by atoms with E-state index in [0.717, 1.165) is 39.3 Å². The van der Waals surface area contributed by atoms with Gasteiger partial charge in [-0.3, -0.25) is 0 Å². The SMILES string of the molecule is c1ccc(-c2cnnc(SCc3cccc(-c4cnnc(SSc5nncc(-c6ccccc6)n5)n4)c3)n2)cc1. The Balaban J connectivity index is 1.12. The normalized spacial score (nSPS) is 10.9. The molecule has 3 aromatic heterocycles. The first-order valence-electron chi connectivity index (χ1n) is 12.1. The van der Waals surface area contributed by atoms with E-state index in [1.54, 1.807) is 18.6 Å². The Morgan fingerprint density at radius 2 is 0.950 bits per heavy atom. The van der Waals surface area contributed by atoms with Crippen molar-refractivity contribution in [3.05, 3.63) is 109 Å². The van der Waals surface area contributed by atoms with Gasteiger partial charge in [0, 0.05) is 22.4 Å². The summed E-state index contributed by atoms with van der Waals surface area (Å²) in [5, 5.41) is 26.5. The number of aromatic nitrogens is 9. The van der Waals surface area contributed by atoms with E-state index in [1.165, 1.54) is 33.3 Å². The summed E-state index contributed by atoms with van der Waals surface area (Å²) in [5.74, 6) is 0.686. The third-order valence-electron chi connectivity index (χ3n) is 5.54. The fourth-order valence-electron chi connectivity index (χ4n) is 3.67. The predicted molar refractivity (Wildman–Crippen MR) is 157 cm³/mol. The first-order valence-corrected chi connectivity index (χ1v) is 15.2. The quantitative estimate of drug-likeness (QED) is 0.141. The van der Waals surface area contributed by atoms with Gasteiger partial charge < -0.3 is 0 Å². The van der Waals surface area contributed by atoms with Gasteiger partial charge in [-0.1, -0.05) is 90.6 Å². The molecule has 0 atom stereocenters. The van der Waals surface area contributed by atoms with E-state index in [-0.39, 0.29) is 0 Å². The number of thioether (sulfide) groups is 1. The van der Waals surface area contributed by atoms with Crippen molar-refractivity contribution >= 4 is 33.3 Å². The molecule has 0 aliphatic rings. The lowest BCUT2D eigenvalue weighted by Gasteiger charge is -2.06. The molecule has 6 aromatic rings. The van der Waals surface area contributed by atoms with Gasteiger partial charge in [0.1, 0.15) is 0 Å². The fraction of sp³-hybridized carbons (Fsp3) is 0.0357. The molecule has 40 heavy (non-hydrogen) atoms. The van der Waals surface area contributed by atoms with Crippen LogP contribution in [-0.2, 0) is 5.75 Å². The van der Waals surface area contributed by atoms with Crippen molar-refractivity contribution in [1.82, 2.24) is 45.5 Å². The minimum atomic E-state index is 0.508. The van der Waals surface area contributed by atoms with Crippen molar-refractivity contribution < 1.29 is 0 Å². The minimum absolute atomic E-state index is 0.508. The highest BCUT2D eigenvalue weighted by Gasteiger charge is 2.10. The highest BCUT2D eigenvalue weighted by atomic mass is 33.1. The molecule has 0 bridgehead atoms. The lowest BCUT2D eigenvalue weighted by molar-refractivity contribution is 0.842. The Kier molecular flexibility index (Phi) is 8.27. The summed E-state index contributed by atoms with van der Waals surface area (Å²) < 4.78 is 0. The molecule has 0 amide bonds. The van der Waals surface area contributed by atoms with Crippen LogP contribution in [0.4, 0.5) is 0 Å². The number of rotatable bonds is 9. The van der Waals surface area contributed by atoms with Crippen LogP contribution in [0.15, 0.2) is 119 Å². The van der Waals surface area contributed by atoms with E-state index in [9.17, 15) is 0 Å². The molecule has 0 aliphatic heterocycles. The third kappa shape index (κ3) is 6.65. The Morgan fingerprint density at radius 3 is 1.52 bits per heavy atom. The summed E-state index contributed by atoms with van der Waals surface area (Å²) in [6, 6.07) is 28.0. The number of hydrogen-bond acceptors (Lipinski definition) is 12. The zero-order valence-corrected chi connectivity index (χ0v) is 23.2. The van der Waals surface area contributed by atoms with Gasteiger partial charge in [0.25, 0.3) is 0 Å². The van der Waals surface area contributed by atoms with Crippen LogP contribution in [0, 0.1) is 0 Å². The number of nitrogens with zero attached hydrogens (tertiary/aromatic N) is 9. The van der Waals surface area contributed by atoms with Crippen LogP contribution in [-0.4, -0.2) is 45.5 Å². The van der Waals surface area contributed by atoms with Crippen LogP contribution < -0.4 is 0 Å². The van der Waals surface area contributed by atoms with Gasteiger partial charge in [0.05, 0.1) is 35.7 Å². The summed E-state index contributed by atoms with van der Waals surface area (Å²) in [7, 11) is 2.68. The molecule has 194 valence electrons. The summed E-state index contributed by atoms with van der Waals surface area (Å²) >= 11 is 1.53. The van der Waals surface area contributed by atoms with Crippen LogP contribution in [0.5, 0.6) is 0 Å². The maximum atomic E-state index is 4.69. The van der Waals surface area contributed by atoms with Crippen LogP contribution in [0.2, 0.25) is 0 Å². The Labute approximate surface area is 242 Å². The molecule has 0 N–H and O–H groups in total. The monoisotopic (exact) mass is 577 g/mol. The molecular formula is C28H19N9S3. The molecule has 0 radical (unpaired) electrons. The van der Waals surface area contributed by atoms with Crippen molar-refractivity contribution in [3.8, 4) is 33.8 Å². The van der Waals surface area contributed by atoms with Gasteiger partial charge in [-0.05, 0) is 33.2 Å². The second-order valence-corrected chi connectivity index (χ2v) is 11.3. The second kappa shape index (κ2) is 12.7. The van der Waals surface area contributed by atoms with E-state index in [1.807, 2.05) is 72.8 Å².